The van der Waals surface area contributed by atoms with Gasteiger partial charge in [0.2, 0.25) is 0 Å². The normalized spacial score (nSPS) is 8.93. The van der Waals surface area contributed by atoms with Gasteiger partial charge in [-0.1, -0.05) is 11.8 Å². The van der Waals surface area contributed by atoms with Crippen LogP contribution in [0.4, 0.5) is 14.9 Å². The van der Waals surface area contributed by atoms with Gasteiger partial charge in [0.25, 0.3) is 0 Å². The Morgan fingerprint density at radius 1 is 1.60 bits per heavy atom. The second kappa shape index (κ2) is 4.98. The third kappa shape index (κ3) is 3.29. The summed E-state index contributed by atoms with van der Waals surface area (Å²) in [6.07, 6.45) is 0. The van der Waals surface area contributed by atoms with Gasteiger partial charge in [0.1, 0.15) is 12.4 Å². The molecule has 1 aromatic carbocycles. The number of halogens is 1. The van der Waals surface area contributed by atoms with Gasteiger partial charge >= 0.3 is 6.03 Å². The van der Waals surface area contributed by atoms with E-state index in [1.165, 1.54) is 12.1 Å². The molecule has 0 fully saturated rings. The number of hydrogen-bond acceptors (Lipinski definition) is 2. The summed E-state index contributed by atoms with van der Waals surface area (Å²) < 4.78 is 13.2. The number of amides is 2. The zero-order valence-electron chi connectivity index (χ0n) is 7.75. The van der Waals surface area contributed by atoms with E-state index < -0.39 is 11.8 Å². The van der Waals surface area contributed by atoms with Crippen LogP contribution in [0.25, 0.3) is 0 Å². The Hall–Kier alpha value is -2.06. The molecule has 15 heavy (non-hydrogen) atoms. The van der Waals surface area contributed by atoms with E-state index in [9.17, 15) is 9.18 Å². The number of benzene rings is 1. The number of carbonyl (C=O) groups excluding carboxylic acids is 1. The molecule has 4 nitrogen and oxygen atoms in total. The lowest BCUT2D eigenvalue weighted by Gasteiger charge is -2.02. The van der Waals surface area contributed by atoms with Gasteiger partial charge in [-0.3, -0.25) is 0 Å². The van der Waals surface area contributed by atoms with E-state index in [2.05, 4.69) is 17.2 Å². The maximum Gasteiger partial charge on any atom is 0.316 e. The Morgan fingerprint density at radius 3 is 2.87 bits per heavy atom. The molecule has 1 rings (SSSR count). The third-order valence-electron chi connectivity index (χ3n) is 1.54. The Balaban J connectivity index is 2.92. The van der Waals surface area contributed by atoms with Crippen LogP contribution >= 0.6 is 0 Å². The zero-order chi connectivity index (χ0) is 11.3. The van der Waals surface area contributed by atoms with Gasteiger partial charge in [0.05, 0.1) is 5.56 Å². The molecule has 0 radical (unpaired) electrons. The Morgan fingerprint density at radius 2 is 2.33 bits per heavy atom. The SMILES string of the molecule is NC(=O)Nc1ccc(C#CCO)c(F)c1. The number of aliphatic hydroxyl groups is 1. The van der Waals surface area contributed by atoms with Crippen molar-refractivity contribution in [2.45, 2.75) is 0 Å². The van der Waals surface area contributed by atoms with E-state index in [4.69, 9.17) is 10.8 Å². The number of urea groups is 1. The average molecular weight is 208 g/mol. The summed E-state index contributed by atoms with van der Waals surface area (Å²) in [4.78, 5) is 10.5. The van der Waals surface area contributed by atoms with Crippen LogP contribution in [-0.4, -0.2) is 17.7 Å². The van der Waals surface area contributed by atoms with Crippen molar-refractivity contribution < 1.29 is 14.3 Å². The standard InChI is InChI=1S/C10H9FN2O2/c11-9-6-8(13-10(12)15)4-3-7(9)2-1-5-14/h3-4,6,14H,5H2,(H3,12,13,15). The molecule has 0 bridgehead atoms. The van der Waals surface area contributed by atoms with Crippen molar-refractivity contribution in [1.82, 2.24) is 0 Å². The van der Waals surface area contributed by atoms with E-state index in [1.54, 1.807) is 0 Å². The summed E-state index contributed by atoms with van der Waals surface area (Å²) in [5.41, 5.74) is 5.27. The van der Waals surface area contributed by atoms with E-state index in [0.29, 0.717) is 0 Å². The number of rotatable bonds is 1. The molecule has 0 saturated carbocycles. The smallest absolute Gasteiger partial charge is 0.316 e. The van der Waals surface area contributed by atoms with Gasteiger partial charge in [-0.25, -0.2) is 9.18 Å². The molecular formula is C10H9FN2O2. The van der Waals surface area contributed by atoms with E-state index in [-0.39, 0.29) is 17.9 Å². The summed E-state index contributed by atoms with van der Waals surface area (Å²) in [5.74, 6) is 4.16. The fraction of sp³-hybridized carbons (Fsp3) is 0.100. The molecule has 5 heteroatoms. The minimum absolute atomic E-state index is 0.152. The van der Waals surface area contributed by atoms with Gasteiger partial charge < -0.3 is 16.2 Å². The first kappa shape index (κ1) is 11.0. The molecule has 0 heterocycles. The van der Waals surface area contributed by atoms with Crippen molar-refractivity contribution in [1.29, 1.82) is 0 Å². The number of primary amides is 1. The predicted octanol–water partition coefficient (Wildman–Crippen LogP) is 0.660. The molecule has 78 valence electrons. The number of aliphatic hydroxyl groups excluding tert-OH is 1. The first-order valence-electron chi connectivity index (χ1n) is 4.09. The third-order valence-corrected chi connectivity index (χ3v) is 1.54. The fourth-order valence-electron chi connectivity index (χ4n) is 0.971. The van der Waals surface area contributed by atoms with Crippen LogP contribution in [0.1, 0.15) is 5.56 Å². The minimum Gasteiger partial charge on any atom is -0.384 e. The monoisotopic (exact) mass is 208 g/mol. The molecule has 0 spiro atoms. The average Bonchev–Trinajstić information content (AvgIpc) is 2.15. The topological polar surface area (TPSA) is 75.4 Å². The van der Waals surface area contributed by atoms with Crippen LogP contribution in [0.15, 0.2) is 18.2 Å². The van der Waals surface area contributed by atoms with Gasteiger partial charge in [-0.15, -0.1) is 0 Å². The van der Waals surface area contributed by atoms with Crippen LogP contribution in [-0.2, 0) is 0 Å². The second-order valence-corrected chi connectivity index (χ2v) is 2.64. The number of nitrogens with two attached hydrogens (primary N) is 1. The summed E-state index contributed by atoms with van der Waals surface area (Å²) in [6.45, 7) is -0.333. The molecule has 0 aliphatic rings. The van der Waals surface area contributed by atoms with Crippen molar-refractivity contribution in [3.8, 4) is 11.8 Å². The molecule has 0 aliphatic carbocycles. The lowest BCUT2D eigenvalue weighted by atomic mass is 10.2. The van der Waals surface area contributed by atoms with Gasteiger partial charge in [-0.2, -0.15) is 0 Å². The van der Waals surface area contributed by atoms with E-state index in [0.717, 1.165) is 6.07 Å². The quantitative estimate of drug-likeness (QED) is 0.593. The van der Waals surface area contributed by atoms with Crippen LogP contribution in [0, 0.1) is 17.7 Å². The van der Waals surface area contributed by atoms with Crippen molar-refractivity contribution >= 4 is 11.7 Å². The van der Waals surface area contributed by atoms with Gasteiger partial charge in [0, 0.05) is 5.69 Å². The first-order valence-corrected chi connectivity index (χ1v) is 4.09. The maximum atomic E-state index is 13.2. The molecule has 0 aromatic heterocycles. The van der Waals surface area contributed by atoms with Crippen molar-refractivity contribution in [3.05, 3.63) is 29.6 Å². The first-order chi connectivity index (χ1) is 7.13. The highest BCUT2D eigenvalue weighted by atomic mass is 19.1. The highest BCUT2D eigenvalue weighted by Gasteiger charge is 2.02. The molecular weight excluding hydrogens is 199 g/mol. The molecule has 4 N–H and O–H groups in total. The summed E-state index contributed by atoms with van der Waals surface area (Å²) in [7, 11) is 0. The largest absolute Gasteiger partial charge is 0.384 e. The Kier molecular flexibility index (Phi) is 3.66. The second-order valence-electron chi connectivity index (χ2n) is 2.64. The summed E-state index contributed by atoms with van der Waals surface area (Å²) >= 11 is 0. The van der Waals surface area contributed by atoms with Crippen molar-refractivity contribution in [2.24, 2.45) is 5.73 Å². The summed E-state index contributed by atoms with van der Waals surface area (Å²) in [6, 6.07) is 3.20. The Bertz CT molecular complexity index is 435. The Labute approximate surface area is 85.9 Å². The van der Waals surface area contributed by atoms with Crippen molar-refractivity contribution in [3.63, 3.8) is 0 Å². The van der Waals surface area contributed by atoms with Gasteiger partial charge in [0.15, 0.2) is 0 Å². The number of nitrogens with one attached hydrogen (secondary N) is 1. The minimum atomic E-state index is -0.761. The maximum absolute atomic E-state index is 13.2. The van der Waals surface area contributed by atoms with E-state index >= 15 is 0 Å². The number of carbonyl (C=O) groups is 1. The molecule has 0 unspecified atom stereocenters. The molecule has 0 aliphatic heterocycles. The van der Waals surface area contributed by atoms with Crippen LogP contribution in [0.3, 0.4) is 0 Å². The molecule has 2 amide bonds. The molecule has 0 saturated heterocycles. The van der Waals surface area contributed by atoms with Crippen LogP contribution in [0.2, 0.25) is 0 Å². The lowest BCUT2D eigenvalue weighted by molar-refractivity contribution is 0.259. The highest BCUT2D eigenvalue weighted by Crippen LogP contribution is 2.13. The zero-order valence-corrected chi connectivity index (χ0v) is 7.75. The van der Waals surface area contributed by atoms with E-state index in [1.807, 2.05) is 0 Å². The lowest BCUT2D eigenvalue weighted by Crippen LogP contribution is -2.19. The van der Waals surface area contributed by atoms with Crippen molar-refractivity contribution in [2.75, 3.05) is 11.9 Å². The summed E-state index contributed by atoms with van der Waals surface area (Å²) in [5, 5.41) is 10.7. The van der Waals surface area contributed by atoms with Crippen LogP contribution in [0.5, 0.6) is 0 Å². The molecule has 0 atom stereocenters. The highest BCUT2D eigenvalue weighted by molar-refractivity contribution is 5.87. The number of anilines is 1. The number of hydrogen-bond donors (Lipinski definition) is 3. The predicted molar refractivity (Wildman–Crippen MR) is 53.6 cm³/mol. The van der Waals surface area contributed by atoms with Gasteiger partial charge in [-0.05, 0) is 18.2 Å². The molecule has 1 aromatic rings. The van der Waals surface area contributed by atoms with Crippen LogP contribution < -0.4 is 11.1 Å². The fourth-order valence-corrected chi connectivity index (χ4v) is 0.971.